The van der Waals surface area contributed by atoms with E-state index in [0.717, 1.165) is 0 Å². The van der Waals surface area contributed by atoms with Gasteiger partial charge < -0.3 is 11.1 Å². The zero-order valence-corrected chi connectivity index (χ0v) is 9.39. The summed E-state index contributed by atoms with van der Waals surface area (Å²) in [4.78, 5) is 0. The molecule has 0 bridgehead atoms. The predicted octanol–water partition coefficient (Wildman–Crippen LogP) is 3.02. The zero-order valence-electron chi connectivity index (χ0n) is 9.39. The van der Waals surface area contributed by atoms with Crippen LogP contribution in [0.15, 0.2) is 18.2 Å². The first-order valence-corrected chi connectivity index (χ1v) is 5.03. The molecule has 0 aliphatic rings. The summed E-state index contributed by atoms with van der Waals surface area (Å²) in [6.07, 6.45) is 0. The Morgan fingerprint density at radius 1 is 1.47 bits per heavy atom. The van der Waals surface area contributed by atoms with Crippen molar-refractivity contribution in [1.82, 2.24) is 0 Å². The number of rotatable bonds is 3. The van der Waals surface area contributed by atoms with Crippen LogP contribution in [0.5, 0.6) is 0 Å². The highest BCUT2D eigenvalue weighted by Crippen LogP contribution is 2.19. The number of hydrogen-bond donors (Lipinski definition) is 3. The minimum absolute atomic E-state index is 0.246. The minimum Gasteiger partial charge on any atom is -0.399 e. The summed E-state index contributed by atoms with van der Waals surface area (Å²) in [7, 11) is 0. The van der Waals surface area contributed by atoms with Gasteiger partial charge in [0.15, 0.2) is 0 Å². The third kappa shape index (κ3) is 3.97. The Kier molecular flexibility index (Phi) is 6.09. The molecule has 1 aromatic rings. The fraction of sp³-hybridized carbons (Fsp3) is 0.364. The molecule has 0 unspecified atom stereocenters. The van der Waals surface area contributed by atoms with E-state index >= 15 is 0 Å². The molecule has 3 nitrogen and oxygen atoms in total. The van der Waals surface area contributed by atoms with Gasteiger partial charge in [0.1, 0.15) is 0 Å². The average molecular weight is 211 g/mol. The molecule has 0 aliphatic carbocycles. The van der Waals surface area contributed by atoms with Crippen LogP contribution in [0.25, 0.3) is 0 Å². The lowest BCUT2D eigenvalue weighted by Crippen LogP contribution is -2.04. The molecule has 0 radical (unpaired) electrons. The second-order valence-electron chi connectivity index (χ2n) is 2.65. The number of nitrogens with one attached hydrogen (secondary N) is 2. The topological polar surface area (TPSA) is 61.9 Å². The Balaban J connectivity index is 0.000000921. The van der Waals surface area contributed by atoms with Crippen LogP contribution < -0.4 is 11.1 Å². The molecule has 84 valence electrons. The molecule has 0 saturated heterocycles. The lowest BCUT2D eigenvalue weighted by Gasteiger charge is -2.08. The van der Waals surface area contributed by atoms with Crippen molar-refractivity contribution in [3.8, 4) is 0 Å². The second-order valence-corrected chi connectivity index (χ2v) is 2.65. The zero-order chi connectivity index (χ0) is 11.8. The highest BCUT2D eigenvalue weighted by Gasteiger charge is 2.06. The van der Waals surface area contributed by atoms with E-state index in [1.54, 1.807) is 12.1 Å². The summed E-state index contributed by atoms with van der Waals surface area (Å²) in [5.41, 5.74) is 6.89. The predicted molar refractivity (Wildman–Crippen MR) is 64.3 cm³/mol. The van der Waals surface area contributed by atoms with Crippen molar-refractivity contribution in [2.75, 3.05) is 17.6 Å². The summed E-state index contributed by atoms with van der Waals surface area (Å²) in [6.45, 7) is 6.57. The van der Waals surface area contributed by atoms with Crippen molar-refractivity contribution < 1.29 is 4.39 Å². The smallest absolute Gasteiger partial charge is 0.214 e. The van der Waals surface area contributed by atoms with Crippen LogP contribution in [-0.2, 0) is 0 Å². The van der Waals surface area contributed by atoms with Crippen molar-refractivity contribution >= 4 is 17.3 Å². The number of anilines is 2. The van der Waals surface area contributed by atoms with E-state index in [-0.39, 0.29) is 5.56 Å². The van der Waals surface area contributed by atoms with Gasteiger partial charge >= 0.3 is 0 Å². The van der Waals surface area contributed by atoms with E-state index < -0.39 is 5.97 Å². The standard InChI is InChI=1S/C9H12FN3.C2H6/c1-2-13-8-5-6(11)3-4-7(8)9(10)12;1-2/h3-5,12-13H,2,11H2,1H3;1-2H3. The Morgan fingerprint density at radius 3 is 2.53 bits per heavy atom. The molecule has 1 aromatic carbocycles. The average Bonchev–Trinajstić information content (AvgIpc) is 2.21. The first kappa shape index (κ1) is 13.4. The molecule has 0 heterocycles. The molecule has 0 aromatic heterocycles. The van der Waals surface area contributed by atoms with Crippen molar-refractivity contribution in [2.24, 2.45) is 0 Å². The highest BCUT2D eigenvalue weighted by atomic mass is 19.1. The quantitative estimate of drug-likeness (QED) is 0.531. The molecule has 1 rings (SSSR count). The van der Waals surface area contributed by atoms with Crippen LogP contribution in [0.3, 0.4) is 0 Å². The molecule has 0 atom stereocenters. The van der Waals surface area contributed by atoms with Gasteiger partial charge in [-0.1, -0.05) is 13.8 Å². The fourth-order valence-corrected chi connectivity index (χ4v) is 1.09. The molecule has 0 fully saturated rings. The Morgan fingerprint density at radius 2 is 2.07 bits per heavy atom. The van der Waals surface area contributed by atoms with Gasteiger partial charge in [-0.15, -0.1) is 0 Å². The Labute approximate surface area is 90.0 Å². The van der Waals surface area contributed by atoms with Crippen LogP contribution in [0.2, 0.25) is 0 Å². The largest absolute Gasteiger partial charge is 0.399 e. The lowest BCUT2D eigenvalue weighted by atomic mass is 10.1. The highest BCUT2D eigenvalue weighted by molar-refractivity contribution is 5.97. The van der Waals surface area contributed by atoms with E-state index in [4.69, 9.17) is 11.1 Å². The van der Waals surface area contributed by atoms with E-state index in [0.29, 0.717) is 17.9 Å². The number of nitrogens with two attached hydrogens (primary N) is 1. The summed E-state index contributed by atoms with van der Waals surface area (Å²) >= 11 is 0. The van der Waals surface area contributed by atoms with Gasteiger partial charge in [-0.05, 0) is 25.1 Å². The van der Waals surface area contributed by atoms with Crippen LogP contribution in [0, 0.1) is 5.41 Å². The van der Waals surface area contributed by atoms with E-state index in [9.17, 15) is 4.39 Å². The van der Waals surface area contributed by atoms with E-state index in [1.165, 1.54) is 6.07 Å². The van der Waals surface area contributed by atoms with Gasteiger partial charge in [-0.2, -0.15) is 4.39 Å². The number of nitrogen functional groups attached to an aromatic ring is 1. The van der Waals surface area contributed by atoms with Crippen LogP contribution in [0.1, 0.15) is 26.3 Å². The number of halogens is 1. The SMILES string of the molecule is CC.CCNc1cc(N)ccc1C(=N)F. The van der Waals surface area contributed by atoms with Crippen LogP contribution >= 0.6 is 0 Å². The van der Waals surface area contributed by atoms with E-state index in [2.05, 4.69) is 5.32 Å². The van der Waals surface area contributed by atoms with Gasteiger partial charge in [0.05, 0.1) is 5.56 Å². The van der Waals surface area contributed by atoms with Crippen molar-refractivity contribution in [3.63, 3.8) is 0 Å². The maximum Gasteiger partial charge on any atom is 0.214 e. The first-order valence-electron chi connectivity index (χ1n) is 5.03. The fourth-order valence-electron chi connectivity index (χ4n) is 1.09. The number of hydrogen-bond acceptors (Lipinski definition) is 3. The third-order valence-corrected chi connectivity index (χ3v) is 1.65. The van der Waals surface area contributed by atoms with Crippen LogP contribution in [0.4, 0.5) is 15.8 Å². The third-order valence-electron chi connectivity index (χ3n) is 1.65. The molecular formula is C11H18FN3. The van der Waals surface area contributed by atoms with E-state index in [1.807, 2.05) is 20.8 Å². The maximum atomic E-state index is 12.7. The number of benzene rings is 1. The van der Waals surface area contributed by atoms with Gasteiger partial charge in [0, 0.05) is 17.9 Å². The molecule has 15 heavy (non-hydrogen) atoms. The Hall–Kier alpha value is -1.58. The van der Waals surface area contributed by atoms with Gasteiger partial charge in [0.2, 0.25) is 5.97 Å². The normalized spacial score (nSPS) is 8.80. The van der Waals surface area contributed by atoms with Crippen molar-refractivity contribution in [2.45, 2.75) is 20.8 Å². The summed E-state index contributed by atoms with van der Waals surface area (Å²) in [5, 5.41) is 9.82. The Bertz CT molecular complexity index is 324. The molecule has 0 amide bonds. The molecule has 0 saturated carbocycles. The molecule has 4 N–H and O–H groups in total. The summed E-state index contributed by atoms with van der Waals surface area (Å²) in [5.74, 6) is -0.948. The molecular weight excluding hydrogens is 193 g/mol. The minimum atomic E-state index is -0.948. The lowest BCUT2D eigenvalue weighted by molar-refractivity contribution is 0.798. The van der Waals surface area contributed by atoms with Crippen molar-refractivity contribution in [3.05, 3.63) is 23.8 Å². The summed E-state index contributed by atoms with van der Waals surface area (Å²) < 4.78 is 12.7. The molecule has 4 heteroatoms. The summed E-state index contributed by atoms with van der Waals surface area (Å²) in [6, 6.07) is 4.69. The maximum absolute atomic E-state index is 12.7. The van der Waals surface area contributed by atoms with Gasteiger partial charge in [-0.3, -0.25) is 5.41 Å². The first-order chi connectivity index (χ1) is 7.15. The molecule has 0 aliphatic heterocycles. The monoisotopic (exact) mass is 211 g/mol. The van der Waals surface area contributed by atoms with Gasteiger partial charge in [0.25, 0.3) is 0 Å². The second kappa shape index (κ2) is 6.81. The van der Waals surface area contributed by atoms with Crippen LogP contribution in [-0.4, -0.2) is 12.5 Å². The van der Waals surface area contributed by atoms with Gasteiger partial charge in [-0.25, -0.2) is 0 Å². The molecule has 0 spiro atoms. The van der Waals surface area contributed by atoms with Crippen molar-refractivity contribution in [1.29, 1.82) is 5.41 Å².